The van der Waals surface area contributed by atoms with Gasteiger partial charge >= 0.3 is 5.97 Å². The van der Waals surface area contributed by atoms with Gasteiger partial charge in [-0.1, -0.05) is 44.2 Å². The van der Waals surface area contributed by atoms with E-state index in [1.54, 1.807) is 19.1 Å². The summed E-state index contributed by atoms with van der Waals surface area (Å²) in [6.45, 7) is 6.19. The molecule has 0 heterocycles. The number of hydrogen-bond acceptors (Lipinski definition) is 4. The zero-order chi connectivity index (χ0) is 19.5. The van der Waals surface area contributed by atoms with Crippen molar-refractivity contribution in [3.63, 3.8) is 0 Å². The SMILES string of the molecule is COC(=O)c1ccc(C)c(S(=O)(=O)N(C)Cc2ccc(C(C)C)cc2)c1. The van der Waals surface area contributed by atoms with Gasteiger partial charge in [0.1, 0.15) is 0 Å². The summed E-state index contributed by atoms with van der Waals surface area (Å²) in [5, 5.41) is 0. The maximum atomic E-state index is 13.0. The normalized spacial score (nSPS) is 11.8. The molecule has 0 aliphatic heterocycles. The van der Waals surface area contributed by atoms with Gasteiger partial charge in [-0.3, -0.25) is 0 Å². The first-order valence-electron chi connectivity index (χ1n) is 8.41. The summed E-state index contributed by atoms with van der Waals surface area (Å²) in [5.41, 5.74) is 2.91. The summed E-state index contributed by atoms with van der Waals surface area (Å²) in [7, 11) is -0.928. The molecule has 0 bridgehead atoms. The van der Waals surface area contributed by atoms with E-state index in [0.717, 1.165) is 5.56 Å². The van der Waals surface area contributed by atoms with Crippen molar-refractivity contribution in [1.82, 2.24) is 4.31 Å². The van der Waals surface area contributed by atoms with Crippen LogP contribution in [0.25, 0.3) is 0 Å². The van der Waals surface area contributed by atoms with Crippen LogP contribution >= 0.6 is 0 Å². The molecule has 140 valence electrons. The molecule has 26 heavy (non-hydrogen) atoms. The van der Waals surface area contributed by atoms with E-state index in [0.29, 0.717) is 11.5 Å². The minimum atomic E-state index is -3.73. The van der Waals surface area contributed by atoms with Crippen LogP contribution in [0.5, 0.6) is 0 Å². The van der Waals surface area contributed by atoms with Crippen LogP contribution in [0.15, 0.2) is 47.4 Å². The number of hydrogen-bond donors (Lipinski definition) is 0. The van der Waals surface area contributed by atoms with Crippen LogP contribution in [-0.2, 0) is 21.3 Å². The molecule has 6 heteroatoms. The Morgan fingerprint density at radius 1 is 1.12 bits per heavy atom. The highest BCUT2D eigenvalue weighted by atomic mass is 32.2. The molecule has 0 unspecified atom stereocenters. The highest BCUT2D eigenvalue weighted by Crippen LogP contribution is 2.23. The van der Waals surface area contributed by atoms with Gasteiger partial charge in [-0.05, 0) is 41.7 Å². The molecular formula is C20H25NO4S. The number of carbonyl (C=O) groups excluding carboxylic acids is 1. The summed E-state index contributed by atoms with van der Waals surface area (Å²) in [6.07, 6.45) is 0. The van der Waals surface area contributed by atoms with Gasteiger partial charge in [0.2, 0.25) is 10.0 Å². The van der Waals surface area contributed by atoms with E-state index in [1.165, 1.54) is 30.1 Å². The highest BCUT2D eigenvalue weighted by molar-refractivity contribution is 7.89. The number of esters is 1. The van der Waals surface area contributed by atoms with Crippen molar-refractivity contribution in [1.29, 1.82) is 0 Å². The third-order valence-electron chi connectivity index (χ3n) is 4.35. The lowest BCUT2D eigenvalue weighted by Gasteiger charge is -2.19. The molecule has 0 fully saturated rings. The van der Waals surface area contributed by atoms with Crippen LogP contribution in [0.4, 0.5) is 0 Å². The topological polar surface area (TPSA) is 63.7 Å². The molecule has 0 aromatic heterocycles. The first kappa shape index (κ1) is 20.1. The molecule has 0 saturated heterocycles. The second-order valence-electron chi connectivity index (χ2n) is 6.63. The van der Waals surface area contributed by atoms with Crippen molar-refractivity contribution in [2.75, 3.05) is 14.2 Å². The van der Waals surface area contributed by atoms with Gasteiger partial charge in [0, 0.05) is 13.6 Å². The fourth-order valence-electron chi connectivity index (χ4n) is 2.64. The first-order valence-corrected chi connectivity index (χ1v) is 9.85. The van der Waals surface area contributed by atoms with Crippen molar-refractivity contribution in [3.8, 4) is 0 Å². The Morgan fingerprint density at radius 2 is 1.73 bits per heavy atom. The van der Waals surface area contributed by atoms with E-state index in [1.807, 2.05) is 24.3 Å². The minimum absolute atomic E-state index is 0.113. The molecule has 0 spiro atoms. The van der Waals surface area contributed by atoms with E-state index in [2.05, 4.69) is 18.6 Å². The van der Waals surface area contributed by atoms with E-state index in [4.69, 9.17) is 0 Å². The van der Waals surface area contributed by atoms with Gasteiger partial charge in [-0.25, -0.2) is 13.2 Å². The van der Waals surface area contributed by atoms with Crippen LogP contribution in [0.2, 0.25) is 0 Å². The van der Waals surface area contributed by atoms with Crippen LogP contribution in [0.1, 0.15) is 46.8 Å². The molecule has 0 amide bonds. The smallest absolute Gasteiger partial charge is 0.337 e. The summed E-state index contributed by atoms with van der Waals surface area (Å²) in [6, 6.07) is 12.5. The van der Waals surface area contributed by atoms with Gasteiger partial charge in [0.05, 0.1) is 17.6 Å². The van der Waals surface area contributed by atoms with E-state index in [-0.39, 0.29) is 17.0 Å². The predicted molar refractivity (Wildman–Crippen MR) is 102 cm³/mol. The molecule has 0 saturated carbocycles. The van der Waals surface area contributed by atoms with Crippen LogP contribution in [0, 0.1) is 6.92 Å². The summed E-state index contributed by atoms with van der Waals surface area (Å²) in [4.78, 5) is 11.8. The van der Waals surface area contributed by atoms with E-state index < -0.39 is 16.0 Å². The van der Waals surface area contributed by atoms with E-state index >= 15 is 0 Å². The van der Waals surface area contributed by atoms with Gasteiger partial charge in [-0.15, -0.1) is 0 Å². The molecule has 0 aliphatic carbocycles. The molecule has 2 aromatic rings. The summed E-state index contributed by atoms with van der Waals surface area (Å²) < 4.78 is 31.9. The second-order valence-corrected chi connectivity index (χ2v) is 8.64. The Hall–Kier alpha value is -2.18. The lowest BCUT2D eigenvalue weighted by atomic mass is 10.0. The first-order chi connectivity index (χ1) is 12.2. The van der Waals surface area contributed by atoms with Crippen LogP contribution < -0.4 is 0 Å². The van der Waals surface area contributed by atoms with Gasteiger partial charge in [-0.2, -0.15) is 4.31 Å². The van der Waals surface area contributed by atoms with E-state index in [9.17, 15) is 13.2 Å². The van der Waals surface area contributed by atoms with Crippen molar-refractivity contribution < 1.29 is 17.9 Å². The Kier molecular flexibility index (Phi) is 6.21. The third-order valence-corrected chi connectivity index (χ3v) is 6.29. The standard InChI is InChI=1S/C20H25NO4S/c1-14(2)17-10-7-16(8-11-17)13-21(4)26(23,24)19-12-18(20(22)25-5)9-6-15(19)3/h6-12,14H,13H2,1-5H3. The Labute approximate surface area is 155 Å². The lowest BCUT2D eigenvalue weighted by Crippen LogP contribution is -2.27. The van der Waals surface area contributed by atoms with Gasteiger partial charge in [0.25, 0.3) is 0 Å². The van der Waals surface area contributed by atoms with Crippen molar-refractivity contribution in [2.45, 2.75) is 38.1 Å². The maximum Gasteiger partial charge on any atom is 0.337 e. The maximum absolute atomic E-state index is 13.0. The largest absolute Gasteiger partial charge is 0.465 e. The fraction of sp³-hybridized carbons (Fsp3) is 0.350. The third kappa shape index (κ3) is 4.31. The zero-order valence-electron chi connectivity index (χ0n) is 15.8. The molecule has 0 N–H and O–H groups in total. The Morgan fingerprint density at radius 3 is 2.27 bits per heavy atom. The number of ether oxygens (including phenoxy) is 1. The summed E-state index contributed by atoms with van der Waals surface area (Å²) >= 11 is 0. The number of methoxy groups -OCH3 is 1. The van der Waals surface area contributed by atoms with Crippen molar-refractivity contribution in [2.24, 2.45) is 0 Å². The molecular weight excluding hydrogens is 350 g/mol. The monoisotopic (exact) mass is 375 g/mol. The number of sulfonamides is 1. The van der Waals surface area contributed by atoms with Crippen molar-refractivity contribution in [3.05, 3.63) is 64.7 Å². The molecule has 2 aromatic carbocycles. The fourth-order valence-corrected chi connectivity index (χ4v) is 4.05. The molecule has 2 rings (SSSR count). The van der Waals surface area contributed by atoms with Crippen LogP contribution in [0.3, 0.4) is 0 Å². The molecule has 5 nitrogen and oxygen atoms in total. The van der Waals surface area contributed by atoms with Gasteiger partial charge < -0.3 is 4.74 Å². The molecule has 0 aliphatic rings. The molecule has 0 radical (unpaired) electrons. The number of rotatable bonds is 6. The predicted octanol–water partition coefficient (Wildman–Crippen LogP) is 3.73. The van der Waals surface area contributed by atoms with Crippen LogP contribution in [-0.4, -0.2) is 32.8 Å². The number of aryl methyl sites for hydroxylation is 1. The number of carbonyl (C=O) groups is 1. The molecule has 0 atom stereocenters. The quantitative estimate of drug-likeness (QED) is 0.722. The number of benzene rings is 2. The highest BCUT2D eigenvalue weighted by Gasteiger charge is 2.24. The average molecular weight is 375 g/mol. The Balaban J connectivity index is 2.30. The summed E-state index contributed by atoms with van der Waals surface area (Å²) in [5.74, 6) is -0.136. The second kappa shape index (κ2) is 8.01. The average Bonchev–Trinajstić information content (AvgIpc) is 2.61. The zero-order valence-corrected chi connectivity index (χ0v) is 16.6. The van der Waals surface area contributed by atoms with Gasteiger partial charge in [0.15, 0.2) is 0 Å². The number of nitrogens with zero attached hydrogens (tertiary/aromatic N) is 1. The minimum Gasteiger partial charge on any atom is -0.465 e. The lowest BCUT2D eigenvalue weighted by molar-refractivity contribution is 0.0600. The Bertz CT molecular complexity index is 887. The van der Waals surface area contributed by atoms with Crippen molar-refractivity contribution >= 4 is 16.0 Å².